The Labute approximate surface area is 532 Å². The second-order valence-electron chi connectivity index (χ2n) is 28.4. The van der Waals surface area contributed by atoms with Crippen molar-refractivity contribution in [2.24, 2.45) is 0 Å². The van der Waals surface area contributed by atoms with Crippen molar-refractivity contribution >= 4 is 28.4 Å². The van der Waals surface area contributed by atoms with Gasteiger partial charge >= 0.3 is 0 Å². The highest BCUT2D eigenvalue weighted by Gasteiger charge is 2.40. The summed E-state index contributed by atoms with van der Waals surface area (Å²) in [6.07, 6.45) is 0. The zero-order valence-corrected chi connectivity index (χ0v) is 54.0. The number of benzene rings is 12. The summed E-state index contributed by atoms with van der Waals surface area (Å²) in [4.78, 5) is 4.81. The van der Waals surface area contributed by atoms with E-state index in [-0.39, 0.29) is 21.7 Å². The van der Waals surface area contributed by atoms with Crippen molar-refractivity contribution in [3.8, 4) is 89.0 Å². The molecule has 0 aliphatic heterocycles. The van der Waals surface area contributed by atoms with Gasteiger partial charge in [-0.25, -0.2) is 0 Å². The minimum atomic E-state index is -0.198. The Hall–Kier alpha value is -9.76. The summed E-state index contributed by atoms with van der Waals surface area (Å²) in [6, 6.07) is 92.8. The monoisotopic (exact) mass is 1160 g/mol. The Balaban J connectivity index is 0.697. The van der Waals surface area contributed by atoms with E-state index in [1.807, 2.05) is 0 Å². The summed E-state index contributed by atoms with van der Waals surface area (Å²) >= 11 is 0. The van der Waals surface area contributed by atoms with Gasteiger partial charge in [-0.2, -0.15) is 0 Å². The molecule has 0 amide bonds. The van der Waals surface area contributed by atoms with Crippen molar-refractivity contribution in [3.63, 3.8) is 0 Å². The first-order valence-electron chi connectivity index (χ1n) is 32.3. The van der Waals surface area contributed by atoms with Crippen molar-refractivity contribution in [1.82, 2.24) is 0 Å². The SMILES string of the molecule is Cc1ccc(-c2ccc3c(c2)C(C)(C)c2cc(-c4ccc(N(c5ccc(-c6ccc7c(c6)C(C)(C)c6cc(-c8ccc(N(C)c9ccc%10c(c9)C(C)(C)c9ccccc9-%10)cc8C)ccc6-7)c(C)c5)c5ccc6c(c5)C(C)(C)c5ccccc5-6)cc4)ccc2-3)cc1. The molecule has 4 aliphatic rings. The number of rotatable bonds is 9. The molecule has 0 saturated carbocycles. The first-order chi connectivity index (χ1) is 43.2. The van der Waals surface area contributed by atoms with Crippen LogP contribution in [0, 0.1) is 20.8 Å². The third kappa shape index (κ3) is 8.36. The fourth-order valence-corrected chi connectivity index (χ4v) is 16.3. The van der Waals surface area contributed by atoms with E-state index >= 15 is 0 Å². The molecule has 0 aromatic heterocycles. The van der Waals surface area contributed by atoms with Crippen LogP contribution in [0.1, 0.15) is 117 Å². The average Bonchev–Trinajstić information content (AvgIpc) is 1.65. The van der Waals surface area contributed by atoms with Crippen molar-refractivity contribution in [2.75, 3.05) is 16.8 Å². The number of hydrogen-bond acceptors (Lipinski definition) is 2. The molecule has 0 radical (unpaired) electrons. The Bertz CT molecular complexity index is 4980. The fourth-order valence-electron chi connectivity index (χ4n) is 16.3. The van der Waals surface area contributed by atoms with Gasteiger partial charge in [0.05, 0.1) is 0 Å². The molecule has 0 saturated heterocycles. The van der Waals surface area contributed by atoms with Crippen LogP contribution in [0.4, 0.5) is 28.4 Å². The largest absolute Gasteiger partial charge is 0.345 e. The summed E-state index contributed by atoms with van der Waals surface area (Å²) < 4.78 is 0. The van der Waals surface area contributed by atoms with Gasteiger partial charge in [-0.05, 0) is 250 Å². The summed E-state index contributed by atoms with van der Waals surface area (Å²) in [5, 5.41) is 0. The highest BCUT2D eigenvalue weighted by atomic mass is 15.1. The lowest BCUT2D eigenvalue weighted by atomic mass is 9.80. The lowest BCUT2D eigenvalue weighted by Crippen LogP contribution is -2.16. The first-order valence-corrected chi connectivity index (χ1v) is 32.3. The maximum Gasteiger partial charge on any atom is 0.0465 e. The second-order valence-corrected chi connectivity index (χ2v) is 28.4. The van der Waals surface area contributed by atoms with E-state index in [1.54, 1.807) is 0 Å². The van der Waals surface area contributed by atoms with E-state index in [0.29, 0.717) is 0 Å². The molecule has 16 rings (SSSR count). The molecule has 90 heavy (non-hydrogen) atoms. The van der Waals surface area contributed by atoms with Crippen LogP contribution in [0.25, 0.3) is 89.0 Å². The van der Waals surface area contributed by atoms with Gasteiger partial charge in [0.15, 0.2) is 0 Å². The van der Waals surface area contributed by atoms with E-state index < -0.39 is 0 Å². The smallest absolute Gasteiger partial charge is 0.0465 e. The van der Waals surface area contributed by atoms with Crippen LogP contribution in [0.2, 0.25) is 0 Å². The summed E-state index contributed by atoms with van der Waals surface area (Å²) in [5.41, 5.74) is 40.8. The molecule has 0 bridgehead atoms. The van der Waals surface area contributed by atoms with Crippen LogP contribution in [0.15, 0.2) is 243 Å². The van der Waals surface area contributed by atoms with Gasteiger partial charge in [0.2, 0.25) is 0 Å². The first kappa shape index (κ1) is 55.5. The normalized spacial score (nSPS) is 15.0. The molecule has 0 fully saturated rings. The van der Waals surface area contributed by atoms with Gasteiger partial charge in [0, 0.05) is 57.1 Å². The molecule has 0 spiro atoms. The van der Waals surface area contributed by atoms with Gasteiger partial charge in [-0.15, -0.1) is 0 Å². The third-order valence-electron chi connectivity index (χ3n) is 21.7. The van der Waals surface area contributed by atoms with E-state index in [1.165, 1.54) is 162 Å². The van der Waals surface area contributed by atoms with E-state index in [0.717, 1.165) is 17.1 Å². The third-order valence-corrected chi connectivity index (χ3v) is 21.7. The standard InChI is InChI=1S/C88H76N2/c1-53-21-23-56(24-22-53)58-27-37-71-72-38-28-59(48-80(72)87(8,9)79(71)47-58)57-25-31-62(32-26-57)90(66-36-44-76-70-18-14-16-20-78(70)86(6,7)84(76)52-66)65-35-42-68(55(3)46-65)61-30-40-74-73-39-29-60(49-81(73)88(10,11)82(74)50-61)67-41-33-63(45-54(67)2)89(12)64-34-43-75-69-17-13-15-19-77(69)85(4,5)83(75)51-64/h13-52H,1-12H3. The second kappa shape index (κ2) is 19.9. The molecule has 2 heteroatoms. The predicted octanol–water partition coefficient (Wildman–Crippen LogP) is 23.7. The molecule has 0 atom stereocenters. The van der Waals surface area contributed by atoms with Gasteiger partial charge in [-0.1, -0.05) is 219 Å². The van der Waals surface area contributed by atoms with E-state index in [2.05, 4.69) is 336 Å². The summed E-state index contributed by atoms with van der Waals surface area (Å²) in [6.45, 7) is 25.8. The molecule has 0 heterocycles. The summed E-state index contributed by atoms with van der Waals surface area (Å²) in [7, 11) is 2.20. The lowest BCUT2D eigenvalue weighted by molar-refractivity contribution is 0.660. The van der Waals surface area contributed by atoms with Crippen LogP contribution in [-0.4, -0.2) is 7.05 Å². The zero-order chi connectivity index (χ0) is 61.9. The number of fused-ring (bicyclic) bond motifs is 12. The molecule has 12 aromatic carbocycles. The minimum Gasteiger partial charge on any atom is -0.345 e. The Kier molecular flexibility index (Phi) is 12.3. The minimum absolute atomic E-state index is 0.0437. The maximum atomic E-state index is 2.48. The highest BCUT2D eigenvalue weighted by Crippen LogP contribution is 2.56. The molecule has 0 unspecified atom stereocenters. The van der Waals surface area contributed by atoms with Gasteiger partial charge in [0.25, 0.3) is 0 Å². The average molecular weight is 1160 g/mol. The molecule has 12 aromatic rings. The molecular formula is C88H76N2. The van der Waals surface area contributed by atoms with Crippen LogP contribution >= 0.6 is 0 Å². The number of anilines is 5. The van der Waals surface area contributed by atoms with E-state index in [9.17, 15) is 0 Å². The van der Waals surface area contributed by atoms with Crippen molar-refractivity contribution in [1.29, 1.82) is 0 Å². The topological polar surface area (TPSA) is 6.48 Å². The quantitative estimate of drug-likeness (QED) is 0.142. The molecule has 4 aliphatic carbocycles. The number of nitrogens with zero attached hydrogens (tertiary/aromatic N) is 2. The van der Waals surface area contributed by atoms with Crippen LogP contribution in [0.5, 0.6) is 0 Å². The molecule has 0 N–H and O–H groups in total. The number of hydrogen-bond donors (Lipinski definition) is 0. The van der Waals surface area contributed by atoms with Crippen molar-refractivity contribution in [2.45, 2.75) is 97.8 Å². The van der Waals surface area contributed by atoms with Crippen molar-refractivity contribution in [3.05, 3.63) is 304 Å². The maximum absolute atomic E-state index is 2.48. The van der Waals surface area contributed by atoms with Crippen LogP contribution < -0.4 is 9.80 Å². The Morgan fingerprint density at radius 3 is 0.944 bits per heavy atom. The van der Waals surface area contributed by atoms with Crippen LogP contribution in [-0.2, 0) is 21.7 Å². The fraction of sp³-hybridized carbons (Fsp3) is 0.182. The van der Waals surface area contributed by atoms with E-state index in [4.69, 9.17) is 0 Å². The van der Waals surface area contributed by atoms with Crippen molar-refractivity contribution < 1.29 is 0 Å². The Morgan fingerprint density at radius 1 is 0.222 bits per heavy atom. The summed E-state index contributed by atoms with van der Waals surface area (Å²) in [5.74, 6) is 0. The molecule has 2 nitrogen and oxygen atoms in total. The molecule has 438 valence electrons. The Morgan fingerprint density at radius 2 is 0.500 bits per heavy atom. The molecular weight excluding hydrogens is 1080 g/mol. The number of aryl methyl sites for hydroxylation is 3. The zero-order valence-electron chi connectivity index (χ0n) is 54.0. The highest BCUT2D eigenvalue weighted by molar-refractivity contribution is 5.92. The van der Waals surface area contributed by atoms with Gasteiger partial charge in [-0.3, -0.25) is 0 Å². The lowest BCUT2D eigenvalue weighted by Gasteiger charge is -2.29. The van der Waals surface area contributed by atoms with Gasteiger partial charge in [0.1, 0.15) is 0 Å². The van der Waals surface area contributed by atoms with Crippen LogP contribution in [0.3, 0.4) is 0 Å². The predicted molar refractivity (Wildman–Crippen MR) is 382 cm³/mol. The van der Waals surface area contributed by atoms with Gasteiger partial charge < -0.3 is 9.80 Å².